The lowest BCUT2D eigenvalue weighted by Gasteiger charge is -2.11. The van der Waals surface area contributed by atoms with Crippen molar-refractivity contribution < 1.29 is 13.9 Å². The Morgan fingerprint density at radius 1 is 1.15 bits per heavy atom. The van der Waals surface area contributed by atoms with Gasteiger partial charge in [0.25, 0.3) is 0 Å². The topological polar surface area (TPSA) is 26.3 Å². The van der Waals surface area contributed by atoms with E-state index in [1.807, 2.05) is 26.0 Å². The molecule has 0 aliphatic rings. The molecule has 2 nitrogen and oxygen atoms in total. The smallest absolute Gasteiger partial charge is 0.167 e. The van der Waals surface area contributed by atoms with Gasteiger partial charge in [-0.15, -0.1) is 0 Å². The van der Waals surface area contributed by atoms with Gasteiger partial charge < -0.3 is 4.74 Å². The van der Waals surface area contributed by atoms with Crippen LogP contribution in [-0.4, -0.2) is 12.9 Å². The monoisotopic (exact) mass is 272 g/mol. The Kier molecular flexibility index (Phi) is 4.18. The molecule has 3 heteroatoms. The molecule has 0 bridgehead atoms. The number of carbonyl (C=O) groups excluding carboxylic acids is 1. The van der Waals surface area contributed by atoms with Crippen LogP contribution in [0.3, 0.4) is 0 Å². The second-order valence-corrected chi connectivity index (χ2v) is 4.87. The fraction of sp³-hybridized carbons (Fsp3) is 0.235. The van der Waals surface area contributed by atoms with Gasteiger partial charge in [-0.25, -0.2) is 4.39 Å². The number of benzene rings is 2. The van der Waals surface area contributed by atoms with Crippen molar-refractivity contribution in [2.75, 3.05) is 7.11 Å². The Bertz CT molecular complexity index is 624. The third kappa shape index (κ3) is 3.05. The lowest BCUT2D eigenvalue weighted by atomic mass is 9.98. The summed E-state index contributed by atoms with van der Waals surface area (Å²) in [5, 5.41) is 0. The number of Topliss-reactive ketones (excluding diaryl/α,β-unsaturated/α-hetero) is 1. The van der Waals surface area contributed by atoms with E-state index in [0.717, 1.165) is 16.9 Å². The number of ketones is 1. The molecule has 2 aromatic rings. The average Bonchev–Trinajstić information content (AvgIpc) is 2.38. The number of aryl methyl sites for hydroxylation is 2. The van der Waals surface area contributed by atoms with Crippen molar-refractivity contribution in [3.05, 3.63) is 64.5 Å². The van der Waals surface area contributed by atoms with Crippen LogP contribution in [0.5, 0.6) is 5.75 Å². The van der Waals surface area contributed by atoms with E-state index < -0.39 is 0 Å². The third-order valence-corrected chi connectivity index (χ3v) is 3.24. The standard InChI is InChI=1S/C17H17FO2/c1-11-7-14(8-12(2)17(11)20-3)16(19)10-13-5-4-6-15(18)9-13/h4-9H,10H2,1-3H3. The first-order chi connectivity index (χ1) is 9.51. The minimum Gasteiger partial charge on any atom is -0.496 e. The number of ether oxygens (including phenoxy) is 1. The molecule has 0 saturated heterocycles. The first-order valence-electron chi connectivity index (χ1n) is 6.44. The number of methoxy groups -OCH3 is 1. The summed E-state index contributed by atoms with van der Waals surface area (Å²) >= 11 is 0. The molecule has 0 saturated carbocycles. The highest BCUT2D eigenvalue weighted by Crippen LogP contribution is 2.25. The maximum absolute atomic E-state index is 13.1. The van der Waals surface area contributed by atoms with Crippen molar-refractivity contribution in [3.8, 4) is 5.75 Å². The first kappa shape index (κ1) is 14.3. The second-order valence-electron chi connectivity index (χ2n) is 4.87. The summed E-state index contributed by atoms with van der Waals surface area (Å²) in [6, 6.07) is 9.75. The third-order valence-electron chi connectivity index (χ3n) is 3.24. The molecular formula is C17H17FO2. The molecule has 2 aromatic carbocycles. The van der Waals surface area contributed by atoms with E-state index in [1.165, 1.54) is 12.1 Å². The Morgan fingerprint density at radius 2 is 1.80 bits per heavy atom. The van der Waals surface area contributed by atoms with E-state index in [0.29, 0.717) is 11.1 Å². The van der Waals surface area contributed by atoms with Crippen LogP contribution in [0.2, 0.25) is 0 Å². The zero-order valence-electron chi connectivity index (χ0n) is 11.9. The van der Waals surface area contributed by atoms with Crippen LogP contribution in [0.4, 0.5) is 4.39 Å². The molecule has 0 aromatic heterocycles. The van der Waals surface area contributed by atoms with Crippen LogP contribution in [0.25, 0.3) is 0 Å². The Labute approximate surface area is 118 Å². The fourth-order valence-corrected chi connectivity index (χ4v) is 2.37. The predicted molar refractivity (Wildman–Crippen MR) is 76.9 cm³/mol. The highest BCUT2D eigenvalue weighted by atomic mass is 19.1. The zero-order valence-corrected chi connectivity index (χ0v) is 11.9. The molecule has 0 N–H and O–H groups in total. The van der Waals surface area contributed by atoms with E-state index in [-0.39, 0.29) is 18.0 Å². The molecule has 0 aliphatic heterocycles. The van der Waals surface area contributed by atoms with E-state index in [2.05, 4.69) is 0 Å². The van der Waals surface area contributed by atoms with Crippen LogP contribution in [0.15, 0.2) is 36.4 Å². The van der Waals surface area contributed by atoms with E-state index in [4.69, 9.17) is 4.74 Å². The Hall–Kier alpha value is -2.16. The van der Waals surface area contributed by atoms with Gasteiger partial charge in [0.05, 0.1) is 7.11 Å². The SMILES string of the molecule is COc1c(C)cc(C(=O)Cc2cccc(F)c2)cc1C. The fourth-order valence-electron chi connectivity index (χ4n) is 2.37. The molecule has 0 amide bonds. The number of carbonyl (C=O) groups is 1. The minimum atomic E-state index is -0.322. The van der Waals surface area contributed by atoms with E-state index >= 15 is 0 Å². The molecular weight excluding hydrogens is 255 g/mol. The molecule has 104 valence electrons. The largest absolute Gasteiger partial charge is 0.496 e. The van der Waals surface area contributed by atoms with Crippen molar-refractivity contribution >= 4 is 5.78 Å². The van der Waals surface area contributed by atoms with Crippen molar-refractivity contribution in [1.82, 2.24) is 0 Å². The summed E-state index contributed by atoms with van der Waals surface area (Å²) in [6.07, 6.45) is 0.197. The summed E-state index contributed by atoms with van der Waals surface area (Å²) in [5.74, 6) is 0.453. The maximum Gasteiger partial charge on any atom is 0.167 e. The Morgan fingerprint density at radius 3 is 2.35 bits per heavy atom. The molecule has 20 heavy (non-hydrogen) atoms. The van der Waals surface area contributed by atoms with Crippen LogP contribution < -0.4 is 4.74 Å². The van der Waals surface area contributed by atoms with Crippen LogP contribution in [-0.2, 0) is 6.42 Å². The van der Waals surface area contributed by atoms with Crippen molar-refractivity contribution in [1.29, 1.82) is 0 Å². The molecule has 0 unspecified atom stereocenters. The van der Waals surface area contributed by atoms with Crippen molar-refractivity contribution in [3.63, 3.8) is 0 Å². The summed E-state index contributed by atoms with van der Waals surface area (Å²) in [4.78, 5) is 12.3. The molecule has 0 atom stereocenters. The maximum atomic E-state index is 13.1. The summed E-state index contributed by atoms with van der Waals surface area (Å²) < 4.78 is 18.4. The highest BCUT2D eigenvalue weighted by molar-refractivity contribution is 5.98. The van der Waals surface area contributed by atoms with E-state index in [9.17, 15) is 9.18 Å². The summed E-state index contributed by atoms with van der Waals surface area (Å²) in [7, 11) is 1.61. The summed E-state index contributed by atoms with van der Waals surface area (Å²) in [5.41, 5.74) is 3.16. The van der Waals surface area contributed by atoms with Crippen LogP contribution >= 0.6 is 0 Å². The molecule has 0 radical (unpaired) electrons. The molecule has 0 spiro atoms. The molecule has 2 rings (SSSR count). The number of rotatable bonds is 4. The van der Waals surface area contributed by atoms with Gasteiger partial charge in [-0.2, -0.15) is 0 Å². The predicted octanol–water partition coefficient (Wildman–Crippen LogP) is 3.88. The molecule has 0 heterocycles. The van der Waals surface area contributed by atoms with Crippen LogP contribution in [0, 0.1) is 19.7 Å². The zero-order chi connectivity index (χ0) is 14.7. The molecule has 0 fully saturated rings. The van der Waals surface area contributed by atoms with E-state index in [1.54, 1.807) is 19.2 Å². The second kappa shape index (κ2) is 5.87. The van der Waals surface area contributed by atoms with Gasteiger partial charge in [-0.05, 0) is 54.8 Å². The van der Waals surface area contributed by atoms with Gasteiger partial charge in [0.15, 0.2) is 5.78 Å². The van der Waals surface area contributed by atoms with Crippen molar-refractivity contribution in [2.24, 2.45) is 0 Å². The lowest BCUT2D eigenvalue weighted by Crippen LogP contribution is -2.05. The highest BCUT2D eigenvalue weighted by Gasteiger charge is 2.12. The lowest BCUT2D eigenvalue weighted by molar-refractivity contribution is 0.0992. The van der Waals surface area contributed by atoms with Crippen molar-refractivity contribution in [2.45, 2.75) is 20.3 Å². The van der Waals surface area contributed by atoms with Gasteiger partial charge in [-0.1, -0.05) is 12.1 Å². The Balaban J connectivity index is 2.26. The van der Waals surface area contributed by atoms with Gasteiger partial charge in [0.2, 0.25) is 0 Å². The normalized spacial score (nSPS) is 10.4. The van der Waals surface area contributed by atoms with Gasteiger partial charge >= 0.3 is 0 Å². The minimum absolute atomic E-state index is 0.0237. The number of halogens is 1. The summed E-state index contributed by atoms with van der Waals surface area (Å²) in [6.45, 7) is 3.82. The van der Waals surface area contributed by atoms with Gasteiger partial charge in [0.1, 0.15) is 11.6 Å². The van der Waals surface area contributed by atoms with Gasteiger partial charge in [-0.3, -0.25) is 4.79 Å². The average molecular weight is 272 g/mol. The number of hydrogen-bond donors (Lipinski definition) is 0. The first-order valence-corrected chi connectivity index (χ1v) is 6.44. The quantitative estimate of drug-likeness (QED) is 0.790. The molecule has 0 aliphatic carbocycles. The van der Waals surface area contributed by atoms with Gasteiger partial charge in [0, 0.05) is 12.0 Å². The number of hydrogen-bond acceptors (Lipinski definition) is 2. The van der Waals surface area contributed by atoms with Crippen LogP contribution in [0.1, 0.15) is 27.0 Å².